The maximum atomic E-state index is 12.1. The number of ether oxygens (including phenoxy) is 3. The van der Waals surface area contributed by atoms with E-state index in [2.05, 4.69) is 28.2 Å². The number of methoxy groups -OCH3 is 1. The van der Waals surface area contributed by atoms with Gasteiger partial charge in [0.15, 0.2) is 0 Å². The lowest BCUT2D eigenvalue weighted by atomic mass is 10.1. The van der Waals surface area contributed by atoms with Crippen LogP contribution in [0, 0.1) is 0 Å². The summed E-state index contributed by atoms with van der Waals surface area (Å²) in [4.78, 5) is 24.1. The molecule has 0 aliphatic rings. The van der Waals surface area contributed by atoms with E-state index in [1.807, 2.05) is 6.07 Å². The quantitative estimate of drug-likeness (QED) is 0.388. The highest BCUT2D eigenvalue weighted by atomic mass is 79.9. The van der Waals surface area contributed by atoms with Gasteiger partial charge in [-0.1, -0.05) is 29.3 Å². The summed E-state index contributed by atoms with van der Waals surface area (Å²) >= 11 is 3.40. The number of hydrogen-bond donors (Lipinski definition) is 1. The van der Waals surface area contributed by atoms with E-state index in [1.54, 1.807) is 32.9 Å². The monoisotopic (exact) mass is 427 g/mol. The predicted molar refractivity (Wildman–Crippen MR) is 104 cm³/mol. The van der Waals surface area contributed by atoms with E-state index >= 15 is 0 Å². The Morgan fingerprint density at radius 3 is 2.54 bits per heavy atom. The zero-order chi connectivity index (χ0) is 19.7. The Bertz CT molecular complexity index is 664. The second-order valence-corrected chi connectivity index (χ2v) is 7.48. The van der Waals surface area contributed by atoms with Crippen LogP contribution >= 0.6 is 15.9 Å². The molecule has 0 heterocycles. The smallest absolute Gasteiger partial charge is 0.412 e. The first-order chi connectivity index (χ1) is 12.2. The molecule has 0 aliphatic heterocycles. The number of unbranched alkanes of at least 4 members (excludes halogenated alkanes) is 1. The molecule has 1 aromatic carbocycles. The van der Waals surface area contributed by atoms with Crippen molar-refractivity contribution < 1.29 is 23.8 Å². The number of rotatable bonds is 7. The molecular weight excluding hydrogens is 402 g/mol. The third-order valence-corrected chi connectivity index (χ3v) is 3.56. The number of halogens is 1. The first kappa shape index (κ1) is 22.0. The predicted octanol–water partition coefficient (Wildman–Crippen LogP) is 4.67. The number of benzene rings is 1. The van der Waals surface area contributed by atoms with Crippen LogP contribution in [0.1, 0.15) is 46.1 Å². The van der Waals surface area contributed by atoms with E-state index in [-0.39, 0.29) is 5.70 Å². The first-order valence-corrected chi connectivity index (χ1v) is 9.18. The molecule has 0 radical (unpaired) electrons. The number of amides is 1. The van der Waals surface area contributed by atoms with Gasteiger partial charge in [-0.15, -0.1) is 0 Å². The van der Waals surface area contributed by atoms with E-state index < -0.39 is 17.7 Å². The van der Waals surface area contributed by atoms with Crippen molar-refractivity contribution in [2.75, 3.05) is 13.7 Å². The Hall–Kier alpha value is -2.02. The number of alkyl carbamates (subject to hydrolysis) is 1. The van der Waals surface area contributed by atoms with Gasteiger partial charge in [0, 0.05) is 10.0 Å². The lowest BCUT2D eigenvalue weighted by molar-refractivity contribution is -0.136. The standard InChI is InChI=1S/C19H26BrNO5/c1-6-7-10-25-16-9-8-14(20)11-13(16)12-15(17(22)24-5)21-18(23)26-19(2,3)4/h8-9,11-12H,6-7,10H2,1-5H3,(H,21,23)/b15-12-. The highest BCUT2D eigenvalue weighted by molar-refractivity contribution is 9.10. The Labute approximate surface area is 163 Å². The van der Waals surface area contributed by atoms with Gasteiger partial charge in [-0.05, 0) is 51.5 Å². The molecule has 0 bridgehead atoms. The molecule has 26 heavy (non-hydrogen) atoms. The van der Waals surface area contributed by atoms with Crippen molar-refractivity contribution in [1.82, 2.24) is 5.32 Å². The maximum absolute atomic E-state index is 12.1. The lowest BCUT2D eigenvalue weighted by Crippen LogP contribution is -2.34. The van der Waals surface area contributed by atoms with Crippen LogP contribution in [-0.2, 0) is 14.3 Å². The molecule has 0 saturated carbocycles. The van der Waals surface area contributed by atoms with Crippen LogP contribution in [0.3, 0.4) is 0 Å². The van der Waals surface area contributed by atoms with Crippen molar-refractivity contribution in [3.05, 3.63) is 33.9 Å². The van der Waals surface area contributed by atoms with Crippen molar-refractivity contribution in [2.45, 2.75) is 46.1 Å². The summed E-state index contributed by atoms with van der Waals surface area (Å²) in [5, 5.41) is 2.44. The molecule has 0 spiro atoms. The molecule has 1 rings (SSSR count). The molecule has 0 atom stereocenters. The molecule has 7 heteroatoms. The van der Waals surface area contributed by atoms with Gasteiger partial charge in [-0.2, -0.15) is 0 Å². The van der Waals surface area contributed by atoms with Gasteiger partial charge >= 0.3 is 12.1 Å². The van der Waals surface area contributed by atoms with Crippen LogP contribution in [-0.4, -0.2) is 31.4 Å². The SMILES string of the molecule is CCCCOc1ccc(Br)cc1/C=C(\NC(=O)OC(C)(C)C)C(=O)OC. The van der Waals surface area contributed by atoms with Crippen LogP contribution in [0.4, 0.5) is 4.79 Å². The minimum absolute atomic E-state index is 0.0415. The molecule has 0 unspecified atom stereocenters. The topological polar surface area (TPSA) is 73.9 Å². The minimum Gasteiger partial charge on any atom is -0.493 e. The second kappa shape index (κ2) is 10.2. The fraction of sp³-hybridized carbons (Fsp3) is 0.474. The zero-order valence-corrected chi connectivity index (χ0v) is 17.4. The van der Waals surface area contributed by atoms with Crippen LogP contribution in [0.15, 0.2) is 28.4 Å². The molecule has 144 valence electrons. The number of hydrogen-bond acceptors (Lipinski definition) is 5. The summed E-state index contributed by atoms with van der Waals surface area (Å²) in [5.41, 5.74) is -0.0951. The second-order valence-electron chi connectivity index (χ2n) is 6.56. The lowest BCUT2D eigenvalue weighted by Gasteiger charge is -2.20. The van der Waals surface area contributed by atoms with E-state index in [9.17, 15) is 9.59 Å². The number of carbonyl (C=O) groups excluding carboxylic acids is 2. The molecule has 0 saturated heterocycles. The Kier molecular flexibility index (Phi) is 8.65. The Morgan fingerprint density at radius 1 is 1.27 bits per heavy atom. The molecular formula is C19H26BrNO5. The number of esters is 1. The Balaban J connectivity index is 3.13. The normalized spacial score (nSPS) is 11.7. The van der Waals surface area contributed by atoms with Crippen molar-refractivity contribution in [2.24, 2.45) is 0 Å². The van der Waals surface area contributed by atoms with Crippen molar-refractivity contribution >= 4 is 34.1 Å². The molecule has 1 N–H and O–H groups in total. The van der Waals surface area contributed by atoms with Gasteiger partial charge in [-0.3, -0.25) is 5.32 Å². The van der Waals surface area contributed by atoms with Crippen molar-refractivity contribution in [1.29, 1.82) is 0 Å². The van der Waals surface area contributed by atoms with Crippen molar-refractivity contribution in [3.8, 4) is 5.75 Å². The zero-order valence-electron chi connectivity index (χ0n) is 15.8. The van der Waals surface area contributed by atoms with Crippen LogP contribution in [0.2, 0.25) is 0 Å². The molecule has 6 nitrogen and oxygen atoms in total. The molecule has 0 aliphatic carbocycles. The summed E-state index contributed by atoms with van der Waals surface area (Å²) in [7, 11) is 1.24. The summed E-state index contributed by atoms with van der Waals surface area (Å²) in [6, 6.07) is 5.44. The summed E-state index contributed by atoms with van der Waals surface area (Å²) in [6.07, 6.45) is 2.69. The maximum Gasteiger partial charge on any atom is 0.412 e. The largest absolute Gasteiger partial charge is 0.493 e. The fourth-order valence-electron chi connectivity index (χ4n) is 1.92. The van der Waals surface area contributed by atoms with E-state index in [1.165, 1.54) is 13.2 Å². The van der Waals surface area contributed by atoms with Gasteiger partial charge < -0.3 is 14.2 Å². The first-order valence-electron chi connectivity index (χ1n) is 8.38. The Morgan fingerprint density at radius 2 is 1.96 bits per heavy atom. The van der Waals surface area contributed by atoms with Gasteiger partial charge in [0.2, 0.25) is 0 Å². The molecule has 0 aromatic heterocycles. The molecule has 0 fully saturated rings. The minimum atomic E-state index is -0.738. The van der Waals surface area contributed by atoms with E-state index in [0.29, 0.717) is 17.9 Å². The van der Waals surface area contributed by atoms with Gasteiger partial charge in [-0.25, -0.2) is 9.59 Å². The number of carbonyl (C=O) groups is 2. The summed E-state index contributed by atoms with van der Waals surface area (Å²) in [5.74, 6) is -0.0793. The average Bonchev–Trinajstić information content (AvgIpc) is 2.53. The highest BCUT2D eigenvalue weighted by Gasteiger charge is 2.20. The number of nitrogens with one attached hydrogen (secondary N) is 1. The highest BCUT2D eigenvalue weighted by Crippen LogP contribution is 2.26. The van der Waals surface area contributed by atoms with Gasteiger partial charge in [0.25, 0.3) is 0 Å². The fourth-order valence-corrected chi connectivity index (χ4v) is 2.29. The van der Waals surface area contributed by atoms with E-state index in [0.717, 1.165) is 17.3 Å². The summed E-state index contributed by atoms with van der Waals surface area (Å²) in [6.45, 7) is 7.85. The molecule has 1 amide bonds. The van der Waals surface area contributed by atoms with Crippen LogP contribution in [0.25, 0.3) is 6.08 Å². The average molecular weight is 428 g/mol. The third kappa shape index (κ3) is 7.91. The summed E-state index contributed by atoms with van der Waals surface area (Å²) < 4.78 is 16.5. The van der Waals surface area contributed by atoms with Crippen LogP contribution < -0.4 is 10.1 Å². The van der Waals surface area contributed by atoms with Gasteiger partial charge in [0.05, 0.1) is 13.7 Å². The van der Waals surface area contributed by atoms with Crippen LogP contribution in [0.5, 0.6) is 5.75 Å². The third-order valence-electron chi connectivity index (χ3n) is 3.07. The van der Waals surface area contributed by atoms with Crippen molar-refractivity contribution in [3.63, 3.8) is 0 Å². The molecule has 1 aromatic rings. The van der Waals surface area contributed by atoms with E-state index in [4.69, 9.17) is 14.2 Å². The van der Waals surface area contributed by atoms with Gasteiger partial charge in [0.1, 0.15) is 17.0 Å².